The van der Waals surface area contributed by atoms with Crippen LogP contribution in [0.25, 0.3) is 11.2 Å². The molecule has 1 fully saturated rings. The summed E-state index contributed by atoms with van der Waals surface area (Å²) < 4.78 is 18.2. The maximum atomic E-state index is 12.6. The largest absolute Gasteiger partial charge is 0.459 e. The number of rotatable bonds is 6. The van der Waals surface area contributed by atoms with Crippen LogP contribution in [0, 0.1) is 0 Å². The zero-order valence-electron chi connectivity index (χ0n) is 17.8. The van der Waals surface area contributed by atoms with Crippen LogP contribution in [-0.4, -0.2) is 56.2 Å². The Morgan fingerprint density at radius 1 is 1.24 bits per heavy atom. The fraction of sp³-hybridized carbons (Fsp3) is 0.333. The van der Waals surface area contributed by atoms with E-state index in [9.17, 15) is 19.2 Å². The summed E-state index contributed by atoms with van der Waals surface area (Å²) in [7, 11) is 0. The molecule has 33 heavy (non-hydrogen) atoms. The maximum absolute atomic E-state index is 12.6. The van der Waals surface area contributed by atoms with Crippen molar-refractivity contribution in [1.29, 1.82) is 0 Å². The van der Waals surface area contributed by atoms with Gasteiger partial charge in [-0.2, -0.15) is 4.98 Å². The van der Waals surface area contributed by atoms with Crippen LogP contribution in [0.2, 0.25) is 0 Å². The van der Waals surface area contributed by atoms with E-state index in [4.69, 9.17) is 14.2 Å². The third-order valence-electron chi connectivity index (χ3n) is 4.93. The lowest BCUT2D eigenvalue weighted by Gasteiger charge is -2.18. The second-order valence-corrected chi connectivity index (χ2v) is 7.40. The van der Waals surface area contributed by atoms with E-state index in [0.717, 1.165) is 0 Å². The molecule has 3 aromatic rings. The summed E-state index contributed by atoms with van der Waals surface area (Å²) in [6, 6.07) is 8.46. The van der Waals surface area contributed by atoms with E-state index in [0.29, 0.717) is 5.56 Å². The summed E-state index contributed by atoms with van der Waals surface area (Å²) in [4.78, 5) is 58.4. The molecule has 2 N–H and O–H groups in total. The number of anilines is 1. The van der Waals surface area contributed by atoms with Gasteiger partial charge in [0.1, 0.15) is 25.0 Å². The molecule has 12 nitrogen and oxygen atoms in total. The molecule has 172 valence electrons. The van der Waals surface area contributed by atoms with Gasteiger partial charge in [0.2, 0.25) is 11.9 Å². The van der Waals surface area contributed by atoms with Crippen LogP contribution in [0.15, 0.2) is 41.5 Å². The predicted octanol–water partition coefficient (Wildman–Crippen LogP) is 1.15. The molecular weight excluding hydrogens is 434 g/mol. The third-order valence-corrected chi connectivity index (χ3v) is 4.93. The van der Waals surface area contributed by atoms with Crippen LogP contribution in [0.1, 0.15) is 36.9 Å². The van der Waals surface area contributed by atoms with E-state index in [-0.39, 0.29) is 30.1 Å². The van der Waals surface area contributed by atoms with Gasteiger partial charge in [-0.05, 0) is 12.1 Å². The predicted molar refractivity (Wildman–Crippen MR) is 113 cm³/mol. The van der Waals surface area contributed by atoms with Gasteiger partial charge in [-0.15, -0.1) is 0 Å². The van der Waals surface area contributed by atoms with Gasteiger partial charge in [0, 0.05) is 20.3 Å². The van der Waals surface area contributed by atoms with E-state index < -0.39 is 41.8 Å². The number of ether oxygens (including phenoxy) is 3. The molecule has 0 unspecified atom stereocenters. The molecule has 1 aliphatic heterocycles. The summed E-state index contributed by atoms with van der Waals surface area (Å²) >= 11 is 0. The Morgan fingerprint density at radius 3 is 2.70 bits per heavy atom. The van der Waals surface area contributed by atoms with Crippen molar-refractivity contribution in [2.75, 3.05) is 11.9 Å². The molecule has 1 aromatic carbocycles. The number of fused-ring (bicyclic) bond motifs is 1. The zero-order valence-corrected chi connectivity index (χ0v) is 17.8. The zero-order chi connectivity index (χ0) is 23.5. The van der Waals surface area contributed by atoms with Crippen LogP contribution in [-0.2, 0) is 23.8 Å². The molecule has 0 radical (unpaired) electrons. The Kier molecular flexibility index (Phi) is 6.18. The molecule has 3 atom stereocenters. The molecule has 3 heterocycles. The Labute approximate surface area is 186 Å². The number of H-pyrrole nitrogens is 1. The van der Waals surface area contributed by atoms with E-state index in [1.54, 1.807) is 30.3 Å². The molecule has 0 spiro atoms. The number of hydrogen-bond donors (Lipinski definition) is 2. The van der Waals surface area contributed by atoms with Crippen LogP contribution in [0.4, 0.5) is 5.95 Å². The highest BCUT2D eigenvalue weighted by atomic mass is 16.6. The van der Waals surface area contributed by atoms with Gasteiger partial charge in [0.25, 0.3) is 5.56 Å². The Hall–Kier alpha value is -4.06. The minimum absolute atomic E-state index is 0.0268. The van der Waals surface area contributed by atoms with Crippen molar-refractivity contribution in [3.8, 4) is 0 Å². The smallest absolute Gasteiger partial charge is 0.338 e. The summed E-state index contributed by atoms with van der Waals surface area (Å²) in [6.07, 6.45) is -0.618. The monoisotopic (exact) mass is 455 g/mol. The maximum Gasteiger partial charge on any atom is 0.338 e. The highest BCUT2D eigenvalue weighted by molar-refractivity contribution is 5.89. The Bertz CT molecular complexity index is 1250. The number of hydrogen-bond acceptors (Lipinski definition) is 9. The van der Waals surface area contributed by atoms with Crippen LogP contribution < -0.4 is 10.9 Å². The molecule has 1 amide bonds. The van der Waals surface area contributed by atoms with Gasteiger partial charge in [0.05, 0.1) is 11.9 Å². The van der Waals surface area contributed by atoms with Crippen molar-refractivity contribution in [1.82, 2.24) is 19.5 Å². The van der Waals surface area contributed by atoms with Gasteiger partial charge < -0.3 is 14.2 Å². The number of aromatic nitrogens is 4. The molecule has 1 aliphatic rings. The molecular formula is C21H21N5O7. The lowest BCUT2D eigenvalue weighted by molar-refractivity contribution is -0.150. The van der Waals surface area contributed by atoms with Crippen molar-refractivity contribution in [3.63, 3.8) is 0 Å². The number of carbonyl (C=O) groups excluding carboxylic acids is 3. The fourth-order valence-corrected chi connectivity index (χ4v) is 3.57. The number of carbonyl (C=O) groups is 3. The minimum atomic E-state index is -0.755. The number of imidazole rings is 1. The third kappa shape index (κ3) is 4.90. The first kappa shape index (κ1) is 22.1. The SMILES string of the molecule is CC(=O)Nc1nc2ncn([C@@H]3C[C@H](OC(C)=O)[C@@H](COC(=O)c4ccccc4)O3)c2c(=O)[nH]1. The van der Waals surface area contributed by atoms with Gasteiger partial charge in [-0.1, -0.05) is 18.2 Å². The van der Waals surface area contributed by atoms with Crippen LogP contribution >= 0.6 is 0 Å². The highest BCUT2D eigenvalue weighted by Gasteiger charge is 2.40. The van der Waals surface area contributed by atoms with E-state index in [1.165, 1.54) is 24.7 Å². The number of nitrogens with one attached hydrogen (secondary N) is 2. The number of esters is 2. The number of amides is 1. The molecule has 4 rings (SSSR count). The molecule has 2 aromatic heterocycles. The molecule has 0 aliphatic carbocycles. The summed E-state index contributed by atoms with van der Waals surface area (Å²) in [5, 5.41) is 2.40. The van der Waals surface area contributed by atoms with E-state index in [2.05, 4.69) is 20.3 Å². The van der Waals surface area contributed by atoms with Crippen LogP contribution in [0.3, 0.4) is 0 Å². The van der Waals surface area contributed by atoms with Crippen molar-refractivity contribution < 1.29 is 28.6 Å². The summed E-state index contributed by atoms with van der Waals surface area (Å²) in [6.45, 7) is 2.40. The molecule has 12 heteroatoms. The number of nitrogens with zero attached hydrogens (tertiary/aromatic N) is 3. The van der Waals surface area contributed by atoms with Gasteiger partial charge in [0.15, 0.2) is 11.2 Å². The second kappa shape index (κ2) is 9.20. The first-order valence-electron chi connectivity index (χ1n) is 10.1. The first-order valence-corrected chi connectivity index (χ1v) is 10.1. The molecule has 0 bridgehead atoms. The number of benzene rings is 1. The standard InChI is InChI=1S/C21H21N5O7/c1-11(27)23-21-24-18-17(19(29)25-21)26(10-22-18)16-8-14(32-12(2)28)15(33-16)9-31-20(30)13-6-4-3-5-7-13/h3-7,10,14-16H,8-9H2,1-2H3,(H2,23,24,25,27,29)/t14-,15+,16-/m0/s1. The first-order chi connectivity index (χ1) is 15.8. The Balaban J connectivity index is 1.54. The van der Waals surface area contributed by atoms with E-state index >= 15 is 0 Å². The van der Waals surface area contributed by atoms with Crippen LogP contribution in [0.5, 0.6) is 0 Å². The summed E-state index contributed by atoms with van der Waals surface area (Å²) in [5.74, 6) is -1.48. The van der Waals surface area contributed by atoms with Crippen molar-refractivity contribution in [3.05, 3.63) is 52.6 Å². The van der Waals surface area contributed by atoms with E-state index in [1.807, 2.05) is 0 Å². The number of aromatic amines is 1. The second-order valence-electron chi connectivity index (χ2n) is 7.40. The van der Waals surface area contributed by atoms with Crippen molar-refractivity contribution in [2.45, 2.75) is 38.7 Å². The minimum Gasteiger partial charge on any atom is -0.459 e. The average Bonchev–Trinajstić information content (AvgIpc) is 3.36. The molecule has 0 saturated carbocycles. The van der Waals surface area contributed by atoms with Crippen molar-refractivity contribution >= 4 is 35.0 Å². The van der Waals surface area contributed by atoms with Gasteiger partial charge in [-0.3, -0.25) is 29.3 Å². The van der Waals surface area contributed by atoms with Gasteiger partial charge >= 0.3 is 11.9 Å². The van der Waals surface area contributed by atoms with Crippen molar-refractivity contribution in [2.24, 2.45) is 0 Å². The topological polar surface area (TPSA) is 155 Å². The molecule has 1 saturated heterocycles. The highest BCUT2D eigenvalue weighted by Crippen LogP contribution is 2.32. The summed E-state index contributed by atoms with van der Waals surface area (Å²) in [5.41, 5.74) is 0.0730. The normalized spacial score (nSPS) is 19.9. The fourth-order valence-electron chi connectivity index (χ4n) is 3.57. The quantitative estimate of drug-likeness (QED) is 0.521. The lowest BCUT2D eigenvalue weighted by Crippen LogP contribution is -2.31. The lowest BCUT2D eigenvalue weighted by atomic mass is 10.2. The Morgan fingerprint density at radius 2 is 2.00 bits per heavy atom. The van der Waals surface area contributed by atoms with Gasteiger partial charge in [-0.25, -0.2) is 9.78 Å². The average molecular weight is 455 g/mol.